The molecule has 1 rings (SSSR count). The van der Waals surface area contributed by atoms with Gasteiger partial charge >= 0.3 is 0 Å². The molecule has 0 heterocycles. The molecule has 2 atom stereocenters. The fourth-order valence-electron chi connectivity index (χ4n) is 2.44. The van der Waals surface area contributed by atoms with Gasteiger partial charge in [0, 0.05) is 5.54 Å². The van der Waals surface area contributed by atoms with Crippen LogP contribution in [0.4, 0.5) is 0 Å². The standard InChI is InChI=1S/C15H31NOSi/c1-7-11-15(16)12-9-8-10-13(15)17-18(5,6)14(2,3)4/h7,13H,1,8-12,16H2,2-6H3/t13-,15+/m1/s1. The van der Waals surface area contributed by atoms with Gasteiger partial charge < -0.3 is 10.2 Å². The fraction of sp³-hybridized carbons (Fsp3) is 0.867. The van der Waals surface area contributed by atoms with Gasteiger partial charge in [-0.05, 0) is 37.4 Å². The molecule has 1 fully saturated rings. The summed E-state index contributed by atoms with van der Waals surface area (Å²) in [6.45, 7) is 15.3. The van der Waals surface area contributed by atoms with E-state index in [0.29, 0.717) is 0 Å². The molecule has 0 radical (unpaired) electrons. The third-order valence-corrected chi connectivity index (χ3v) is 9.25. The van der Waals surface area contributed by atoms with E-state index in [0.717, 1.165) is 19.3 Å². The van der Waals surface area contributed by atoms with Gasteiger partial charge in [0.1, 0.15) is 0 Å². The molecule has 0 spiro atoms. The average Bonchev–Trinajstić information content (AvgIpc) is 2.20. The quantitative estimate of drug-likeness (QED) is 0.612. The molecule has 0 aromatic rings. The minimum atomic E-state index is -1.72. The second-order valence-corrected chi connectivity index (χ2v) is 12.1. The zero-order valence-corrected chi connectivity index (χ0v) is 13.9. The molecule has 0 unspecified atom stereocenters. The van der Waals surface area contributed by atoms with E-state index in [-0.39, 0.29) is 16.7 Å². The molecule has 0 amide bonds. The highest BCUT2D eigenvalue weighted by Gasteiger charge is 2.44. The second-order valence-electron chi connectivity index (χ2n) is 7.34. The van der Waals surface area contributed by atoms with Crippen LogP contribution in [-0.2, 0) is 4.43 Å². The van der Waals surface area contributed by atoms with Gasteiger partial charge in [0.25, 0.3) is 0 Å². The van der Waals surface area contributed by atoms with Gasteiger partial charge in [0.05, 0.1) is 6.10 Å². The summed E-state index contributed by atoms with van der Waals surface area (Å²) in [5, 5.41) is 0.250. The lowest BCUT2D eigenvalue weighted by atomic mass is 9.78. The van der Waals surface area contributed by atoms with Crippen molar-refractivity contribution in [3.05, 3.63) is 12.7 Å². The first-order valence-corrected chi connectivity index (χ1v) is 10.1. The Kier molecular flexibility index (Phi) is 4.85. The van der Waals surface area contributed by atoms with E-state index >= 15 is 0 Å². The van der Waals surface area contributed by atoms with Gasteiger partial charge in [-0.1, -0.05) is 39.7 Å². The van der Waals surface area contributed by atoms with Crippen molar-refractivity contribution in [2.24, 2.45) is 5.73 Å². The second kappa shape index (κ2) is 5.47. The van der Waals surface area contributed by atoms with Crippen molar-refractivity contribution >= 4 is 8.32 Å². The molecule has 1 saturated carbocycles. The Morgan fingerprint density at radius 1 is 1.39 bits per heavy atom. The Hall–Kier alpha value is -0.123. The molecule has 106 valence electrons. The maximum atomic E-state index is 6.59. The Balaban J connectivity index is 2.83. The van der Waals surface area contributed by atoms with Crippen LogP contribution in [0.2, 0.25) is 18.1 Å². The van der Waals surface area contributed by atoms with E-state index in [1.54, 1.807) is 0 Å². The van der Waals surface area contributed by atoms with Crippen LogP contribution in [0.3, 0.4) is 0 Å². The third kappa shape index (κ3) is 3.46. The lowest BCUT2D eigenvalue weighted by Gasteiger charge is -2.47. The normalized spacial score (nSPS) is 30.2. The van der Waals surface area contributed by atoms with E-state index in [1.807, 2.05) is 6.08 Å². The molecular weight excluding hydrogens is 238 g/mol. The summed E-state index contributed by atoms with van der Waals surface area (Å²) in [5.74, 6) is 0. The Bertz CT molecular complexity index is 295. The van der Waals surface area contributed by atoms with Crippen molar-refractivity contribution in [1.29, 1.82) is 0 Å². The summed E-state index contributed by atoms with van der Waals surface area (Å²) in [6.07, 6.45) is 7.68. The van der Waals surface area contributed by atoms with Crippen LogP contribution in [-0.4, -0.2) is 20.0 Å². The van der Waals surface area contributed by atoms with Crippen molar-refractivity contribution in [2.75, 3.05) is 0 Å². The van der Waals surface area contributed by atoms with Crippen LogP contribution in [0.1, 0.15) is 52.9 Å². The van der Waals surface area contributed by atoms with Crippen molar-refractivity contribution in [3.63, 3.8) is 0 Å². The van der Waals surface area contributed by atoms with Gasteiger partial charge in [0.15, 0.2) is 8.32 Å². The van der Waals surface area contributed by atoms with Gasteiger partial charge in [-0.2, -0.15) is 0 Å². The molecule has 0 aromatic carbocycles. The molecule has 18 heavy (non-hydrogen) atoms. The topological polar surface area (TPSA) is 35.2 Å². The smallest absolute Gasteiger partial charge is 0.192 e. The molecule has 2 nitrogen and oxygen atoms in total. The molecule has 0 saturated heterocycles. The number of hydrogen-bond donors (Lipinski definition) is 1. The molecule has 1 aliphatic carbocycles. The van der Waals surface area contributed by atoms with Crippen molar-refractivity contribution < 1.29 is 4.43 Å². The fourth-order valence-corrected chi connectivity index (χ4v) is 3.86. The predicted octanol–water partition coefficient (Wildman–Crippen LogP) is 4.22. The summed E-state index contributed by atoms with van der Waals surface area (Å²) in [5.41, 5.74) is 6.41. The molecule has 3 heteroatoms. The maximum absolute atomic E-state index is 6.59. The number of hydrogen-bond acceptors (Lipinski definition) is 2. The van der Waals surface area contributed by atoms with Crippen molar-refractivity contribution in [2.45, 2.75) is 82.7 Å². The molecule has 0 aliphatic heterocycles. The monoisotopic (exact) mass is 269 g/mol. The number of rotatable bonds is 4. The van der Waals surface area contributed by atoms with Crippen LogP contribution >= 0.6 is 0 Å². The summed E-state index contributed by atoms with van der Waals surface area (Å²) >= 11 is 0. The van der Waals surface area contributed by atoms with Crippen molar-refractivity contribution in [3.8, 4) is 0 Å². The SMILES string of the molecule is C=CC[C@]1(N)CCCC[C@H]1O[Si](C)(C)C(C)(C)C. The first-order chi connectivity index (χ1) is 8.12. The predicted molar refractivity (Wildman–Crippen MR) is 82.3 cm³/mol. The molecule has 0 bridgehead atoms. The molecule has 2 N–H and O–H groups in total. The lowest BCUT2D eigenvalue weighted by molar-refractivity contribution is 0.0576. The largest absolute Gasteiger partial charge is 0.412 e. The Morgan fingerprint density at radius 3 is 2.50 bits per heavy atom. The zero-order chi connectivity index (χ0) is 14.0. The van der Waals surface area contributed by atoms with Crippen LogP contribution in [0.15, 0.2) is 12.7 Å². The van der Waals surface area contributed by atoms with E-state index in [1.165, 1.54) is 12.8 Å². The van der Waals surface area contributed by atoms with Crippen LogP contribution in [0.25, 0.3) is 0 Å². The average molecular weight is 270 g/mol. The highest BCUT2D eigenvalue weighted by molar-refractivity contribution is 6.74. The molecule has 1 aliphatic rings. The third-order valence-electron chi connectivity index (χ3n) is 4.77. The van der Waals surface area contributed by atoms with Crippen LogP contribution in [0, 0.1) is 0 Å². The molecule has 0 aromatic heterocycles. The van der Waals surface area contributed by atoms with Crippen LogP contribution < -0.4 is 5.73 Å². The zero-order valence-electron chi connectivity index (χ0n) is 12.9. The van der Waals surface area contributed by atoms with Gasteiger partial charge in [-0.25, -0.2) is 0 Å². The maximum Gasteiger partial charge on any atom is 0.192 e. The van der Waals surface area contributed by atoms with Crippen molar-refractivity contribution in [1.82, 2.24) is 0 Å². The summed E-state index contributed by atoms with van der Waals surface area (Å²) in [6, 6.07) is 0. The minimum Gasteiger partial charge on any atom is -0.412 e. The van der Waals surface area contributed by atoms with E-state index in [4.69, 9.17) is 10.2 Å². The van der Waals surface area contributed by atoms with E-state index in [9.17, 15) is 0 Å². The van der Waals surface area contributed by atoms with Crippen LogP contribution in [0.5, 0.6) is 0 Å². The number of nitrogens with two attached hydrogens (primary N) is 1. The highest BCUT2D eigenvalue weighted by atomic mass is 28.4. The van der Waals surface area contributed by atoms with E-state index < -0.39 is 8.32 Å². The molecular formula is C15H31NOSi. The Morgan fingerprint density at radius 2 is 2.00 bits per heavy atom. The highest BCUT2D eigenvalue weighted by Crippen LogP contribution is 2.41. The summed E-state index contributed by atoms with van der Waals surface area (Å²) in [4.78, 5) is 0. The lowest BCUT2D eigenvalue weighted by Crippen LogP contribution is -2.58. The first-order valence-electron chi connectivity index (χ1n) is 7.20. The van der Waals surface area contributed by atoms with E-state index in [2.05, 4.69) is 40.4 Å². The summed E-state index contributed by atoms with van der Waals surface area (Å²) in [7, 11) is -1.72. The van der Waals surface area contributed by atoms with Gasteiger partial charge in [-0.15, -0.1) is 6.58 Å². The minimum absolute atomic E-state index is 0.185. The van der Waals surface area contributed by atoms with Gasteiger partial charge in [-0.3, -0.25) is 0 Å². The Labute approximate surface area is 114 Å². The summed E-state index contributed by atoms with van der Waals surface area (Å²) < 4.78 is 6.58. The first kappa shape index (κ1) is 15.9. The van der Waals surface area contributed by atoms with Gasteiger partial charge in [0.2, 0.25) is 0 Å².